The van der Waals surface area contributed by atoms with Crippen LogP contribution in [-0.2, 0) is 9.53 Å². The molecule has 0 aliphatic carbocycles. The summed E-state index contributed by atoms with van der Waals surface area (Å²) in [5, 5.41) is 13.7. The SMILES string of the molecule is CCC(Sc1nnc2cc(C)c3cc(C)cc(C)c3n12)C(=O)Nc1sc(C)c(C)c1C(=O)OC. The molecule has 0 saturated heterocycles. The fourth-order valence-electron chi connectivity index (χ4n) is 4.19. The molecule has 1 atom stereocenters. The van der Waals surface area contributed by atoms with Gasteiger partial charge in [0.05, 0.1) is 23.4 Å². The van der Waals surface area contributed by atoms with E-state index in [-0.39, 0.29) is 5.91 Å². The molecule has 178 valence electrons. The number of carbonyl (C=O) groups excluding carboxylic acids is 2. The van der Waals surface area contributed by atoms with Gasteiger partial charge in [-0.05, 0) is 69.9 Å². The zero-order valence-corrected chi connectivity index (χ0v) is 22.0. The number of nitrogens with zero attached hydrogens (tertiary/aromatic N) is 3. The van der Waals surface area contributed by atoms with Crippen LogP contribution in [0.25, 0.3) is 16.6 Å². The predicted molar refractivity (Wildman–Crippen MR) is 138 cm³/mol. The summed E-state index contributed by atoms with van der Waals surface area (Å²) in [5.74, 6) is -0.631. The standard InChI is InChI=1S/C25H28N4O3S2/c1-8-18(22(30)26-23-20(24(31)32-7)15(5)16(6)33-23)34-25-28-27-19-11-13(3)17-10-12(2)9-14(4)21(17)29(19)25/h9-11,18H,8H2,1-7H3,(H,26,30). The molecule has 34 heavy (non-hydrogen) atoms. The van der Waals surface area contributed by atoms with Gasteiger partial charge in [-0.2, -0.15) is 0 Å². The lowest BCUT2D eigenvalue weighted by atomic mass is 10.0. The number of ether oxygens (including phenoxy) is 1. The average molecular weight is 497 g/mol. The van der Waals surface area contributed by atoms with E-state index in [0.717, 1.165) is 38.1 Å². The van der Waals surface area contributed by atoms with Gasteiger partial charge in [-0.25, -0.2) is 4.79 Å². The highest BCUT2D eigenvalue weighted by molar-refractivity contribution is 8.00. The van der Waals surface area contributed by atoms with Crippen molar-refractivity contribution in [1.29, 1.82) is 0 Å². The summed E-state index contributed by atoms with van der Waals surface area (Å²) in [5.41, 5.74) is 6.52. The van der Waals surface area contributed by atoms with Gasteiger partial charge in [0.25, 0.3) is 0 Å². The van der Waals surface area contributed by atoms with Crippen molar-refractivity contribution >= 4 is 56.5 Å². The Labute approximate surface area is 206 Å². The maximum absolute atomic E-state index is 13.3. The van der Waals surface area contributed by atoms with Crippen LogP contribution in [0.2, 0.25) is 0 Å². The molecular formula is C25H28N4O3S2. The number of esters is 1. The average Bonchev–Trinajstić information content (AvgIpc) is 3.31. The highest BCUT2D eigenvalue weighted by Crippen LogP contribution is 2.35. The molecule has 0 radical (unpaired) electrons. The summed E-state index contributed by atoms with van der Waals surface area (Å²) in [7, 11) is 1.34. The molecule has 0 bridgehead atoms. The summed E-state index contributed by atoms with van der Waals surface area (Å²) in [6, 6.07) is 6.35. The molecule has 0 spiro atoms. The topological polar surface area (TPSA) is 85.6 Å². The molecule has 1 amide bonds. The van der Waals surface area contributed by atoms with E-state index >= 15 is 0 Å². The number of amides is 1. The Morgan fingerprint density at radius 2 is 1.85 bits per heavy atom. The van der Waals surface area contributed by atoms with Crippen molar-refractivity contribution in [3.05, 3.63) is 50.9 Å². The summed E-state index contributed by atoms with van der Waals surface area (Å²) >= 11 is 2.77. The smallest absolute Gasteiger partial charge is 0.341 e. The zero-order valence-electron chi connectivity index (χ0n) is 20.4. The summed E-state index contributed by atoms with van der Waals surface area (Å²) < 4.78 is 6.97. The Kier molecular flexibility index (Phi) is 6.69. The van der Waals surface area contributed by atoms with Crippen molar-refractivity contribution in [2.45, 2.75) is 58.4 Å². The van der Waals surface area contributed by atoms with Crippen LogP contribution in [0, 0.1) is 34.6 Å². The molecule has 3 heterocycles. The van der Waals surface area contributed by atoms with Crippen molar-refractivity contribution in [3.63, 3.8) is 0 Å². The highest BCUT2D eigenvalue weighted by atomic mass is 32.2. The number of thiophene rings is 1. The maximum Gasteiger partial charge on any atom is 0.341 e. The predicted octanol–water partition coefficient (Wildman–Crippen LogP) is 5.78. The van der Waals surface area contributed by atoms with Gasteiger partial charge in [0.2, 0.25) is 5.91 Å². The number of hydrogen-bond donors (Lipinski definition) is 1. The second-order valence-electron chi connectivity index (χ2n) is 8.46. The quantitative estimate of drug-likeness (QED) is 0.269. The molecular weight excluding hydrogens is 468 g/mol. The molecule has 1 aromatic carbocycles. The van der Waals surface area contributed by atoms with Gasteiger partial charge in [-0.15, -0.1) is 21.5 Å². The second kappa shape index (κ2) is 9.38. The molecule has 0 aliphatic rings. The number of methoxy groups -OCH3 is 1. The first kappa shape index (κ1) is 24.2. The first-order chi connectivity index (χ1) is 16.2. The lowest BCUT2D eigenvalue weighted by molar-refractivity contribution is -0.115. The molecule has 7 nitrogen and oxygen atoms in total. The summed E-state index contributed by atoms with van der Waals surface area (Å²) in [6.45, 7) is 12.0. The number of anilines is 1. The first-order valence-corrected chi connectivity index (χ1v) is 12.8. The van der Waals surface area contributed by atoms with Crippen molar-refractivity contribution in [3.8, 4) is 0 Å². The number of benzene rings is 1. The Morgan fingerprint density at radius 3 is 2.53 bits per heavy atom. The lowest BCUT2D eigenvalue weighted by Gasteiger charge is -2.15. The van der Waals surface area contributed by atoms with E-state index < -0.39 is 11.2 Å². The first-order valence-electron chi connectivity index (χ1n) is 11.1. The van der Waals surface area contributed by atoms with Crippen LogP contribution >= 0.6 is 23.1 Å². The fourth-order valence-corrected chi connectivity index (χ4v) is 6.21. The van der Waals surface area contributed by atoms with Gasteiger partial charge in [0, 0.05) is 10.3 Å². The number of nitrogens with one attached hydrogen (secondary N) is 1. The van der Waals surface area contributed by atoms with Gasteiger partial charge in [-0.1, -0.05) is 30.3 Å². The van der Waals surface area contributed by atoms with Crippen molar-refractivity contribution in [2.75, 3.05) is 12.4 Å². The molecule has 4 rings (SSSR count). The van der Waals surface area contributed by atoms with Gasteiger partial charge in [0.1, 0.15) is 5.00 Å². The van der Waals surface area contributed by atoms with Crippen molar-refractivity contribution in [2.24, 2.45) is 0 Å². The molecule has 9 heteroatoms. The van der Waals surface area contributed by atoms with E-state index in [0.29, 0.717) is 22.1 Å². The molecule has 1 unspecified atom stereocenters. The minimum absolute atomic E-state index is 0.181. The van der Waals surface area contributed by atoms with E-state index in [1.807, 2.05) is 31.2 Å². The van der Waals surface area contributed by atoms with E-state index in [9.17, 15) is 9.59 Å². The summed E-state index contributed by atoms with van der Waals surface area (Å²) in [6.07, 6.45) is 0.587. The Bertz CT molecular complexity index is 1440. The Morgan fingerprint density at radius 1 is 1.12 bits per heavy atom. The molecule has 0 aliphatic heterocycles. The van der Waals surface area contributed by atoms with Crippen molar-refractivity contribution < 1.29 is 14.3 Å². The van der Waals surface area contributed by atoms with E-state index in [1.54, 1.807) is 0 Å². The molecule has 4 aromatic rings. The normalized spacial score (nSPS) is 12.3. The second-order valence-corrected chi connectivity index (χ2v) is 10.9. The van der Waals surface area contributed by atoms with Gasteiger partial charge < -0.3 is 10.1 Å². The van der Waals surface area contributed by atoms with Gasteiger partial charge in [0.15, 0.2) is 10.8 Å². The molecule has 0 saturated carbocycles. The van der Waals surface area contributed by atoms with Crippen LogP contribution in [0.4, 0.5) is 5.00 Å². The number of aryl methyl sites for hydroxylation is 4. The number of rotatable bonds is 6. The third kappa shape index (κ3) is 4.18. The summed E-state index contributed by atoms with van der Waals surface area (Å²) in [4.78, 5) is 26.6. The van der Waals surface area contributed by atoms with E-state index in [4.69, 9.17) is 4.74 Å². The highest BCUT2D eigenvalue weighted by Gasteiger charge is 2.26. The van der Waals surface area contributed by atoms with Crippen LogP contribution in [-0.4, -0.2) is 38.8 Å². The van der Waals surface area contributed by atoms with Crippen LogP contribution in [0.1, 0.15) is 50.8 Å². The van der Waals surface area contributed by atoms with Crippen LogP contribution in [0.3, 0.4) is 0 Å². The third-order valence-electron chi connectivity index (χ3n) is 6.02. The minimum atomic E-state index is -0.450. The minimum Gasteiger partial charge on any atom is -0.465 e. The number of hydrogen-bond acceptors (Lipinski definition) is 7. The van der Waals surface area contributed by atoms with Gasteiger partial charge in [-0.3, -0.25) is 9.20 Å². The third-order valence-corrected chi connectivity index (χ3v) is 8.45. The maximum atomic E-state index is 13.3. The van der Waals surface area contributed by atoms with Crippen LogP contribution in [0.5, 0.6) is 0 Å². The number of pyridine rings is 1. The van der Waals surface area contributed by atoms with Crippen LogP contribution in [0.15, 0.2) is 23.4 Å². The molecule has 3 aromatic heterocycles. The number of thioether (sulfide) groups is 1. The van der Waals surface area contributed by atoms with E-state index in [1.165, 1.54) is 35.8 Å². The largest absolute Gasteiger partial charge is 0.465 e. The zero-order chi connectivity index (χ0) is 24.7. The lowest BCUT2D eigenvalue weighted by Crippen LogP contribution is -2.25. The molecule has 1 N–H and O–H groups in total. The monoisotopic (exact) mass is 496 g/mol. The van der Waals surface area contributed by atoms with Gasteiger partial charge >= 0.3 is 5.97 Å². The Hall–Kier alpha value is -2.91. The van der Waals surface area contributed by atoms with Crippen molar-refractivity contribution in [1.82, 2.24) is 14.6 Å². The fraction of sp³-hybridized carbons (Fsp3) is 0.360. The Balaban J connectivity index is 1.71. The van der Waals surface area contributed by atoms with Crippen LogP contribution < -0.4 is 5.32 Å². The van der Waals surface area contributed by atoms with E-state index in [2.05, 4.69) is 48.4 Å². The number of fused-ring (bicyclic) bond motifs is 3. The molecule has 0 fully saturated rings. The number of aromatic nitrogens is 3. The number of carbonyl (C=O) groups is 2.